The maximum absolute atomic E-state index is 13.4. The van der Waals surface area contributed by atoms with E-state index in [1.54, 1.807) is 48.7 Å². The van der Waals surface area contributed by atoms with Crippen molar-refractivity contribution in [2.24, 2.45) is 0 Å². The minimum atomic E-state index is -0.327. The second-order valence-corrected chi connectivity index (χ2v) is 7.89. The molecule has 0 saturated heterocycles. The van der Waals surface area contributed by atoms with Gasteiger partial charge in [-0.15, -0.1) is 0 Å². The molecule has 4 rings (SSSR count). The predicted octanol–water partition coefficient (Wildman–Crippen LogP) is 6.88. The van der Waals surface area contributed by atoms with Crippen molar-refractivity contribution in [3.8, 4) is 16.9 Å². The van der Waals surface area contributed by atoms with Crippen molar-refractivity contribution < 1.29 is 23.1 Å². The van der Waals surface area contributed by atoms with E-state index >= 15 is 0 Å². The van der Waals surface area contributed by atoms with Gasteiger partial charge in [-0.3, -0.25) is 9.59 Å². The highest BCUT2D eigenvalue weighted by atomic mass is 19.1. The number of furan rings is 1. The summed E-state index contributed by atoms with van der Waals surface area (Å²) < 4.78 is 25.0. The molecule has 34 heavy (non-hydrogen) atoms. The highest BCUT2D eigenvalue weighted by molar-refractivity contribution is 6.06. The van der Waals surface area contributed by atoms with E-state index in [0.717, 1.165) is 22.1 Å². The van der Waals surface area contributed by atoms with Crippen LogP contribution in [0.5, 0.6) is 5.75 Å². The average Bonchev–Trinajstić information content (AvgIpc) is 3.22. The highest BCUT2D eigenvalue weighted by Gasteiger charge is 2.15. The number of anilines is 1. The number of carbonyl (C=O) groups excluding carboxylic acids is 2. The van der Waals surface area contributed by atoms with Gasteiger partial charge in [0.25, 0.3) is 0 Å². The molecule has 0 aliphatic heterocycles. The van der Waals surface area contributed by atoms with E-state index in [-0.39, 0.29) is 17.5 Å². The Kier molecular flexibility index (Phi) is 6.59. The second kappa shape index (κ2) is 9.75. The van der Waals surface area contributed by atoms with Crippen molar-refractivity contribution in [2.75, 3.05) is 11.9 Å². The van der Waals surface area contributed by atoms with Crippen LogP contribution < -0.4 is 10.1 Å². The number of halogens is 1. The van der Waals surface area contributed by atoms with Gasteiger partial charge in [0.1, 0.15) is 17.1 Å². The molecule has 0 unspecified atom stereocenters. The lowest BCUT2D eigenvalue weighted by atomic mass is 9.99. The molecule has 1 N–H and O–H groups in total. The number of hydrogen-bond donors (Lipinski definition) is 1. The third-order valence-corrected chi connectivity index (χ3v) is 5.44. The lowest BCUT2D eigenvalue weighted by Crippen LogP contribution is -2.09. The van der Waals surface area contributed by atoms with Gasteiger partial charge in [-0.25, -0.2) is 4.39 Å². The number of ether oxygens (including phenoxy) is 1. The zero-order valence-corrected chi connectivity index (χ0v) is 19.1. The summed E-state index contributed by atoms with van der Waals surface area (Å²) in [6.07, 6.45) is 3.12. The number of amides is 1. The Morgan fingerprint density at radius 2 is 1.82 bits per heavy atom. The number of rotatable bonds is 7. The first-order valence-electron chi connectivity index (χ1n) is 10.9. The molecule has 0 aliphatic rings. The molecule has 0 fully saturated rings. The molecule has 1 heterocycles. The maximum atomic E-state index is 13.4. The van der Waals surface area contributed by atoms with Crippen LogP contribution in [-0.2, 0) is 4.79 Å². The molecule has 1 amide bonds. The van der Waals surface area contributed by atoms with Crippen molar-refractivity contribution in [3.63, 3.8) is 0 Å². The van der Waals surface area contributed by atoms with Gasteiger partial charge < -0.3 is 14.5 Å². The number of benzene rings is 3. The summed E-state index contributed by atoms with van der Waals surface area (Å²) >= 11 is 0. The first kappa shape index (κ1) is 23.0. The molecular weight excluding hydrogens is 433 g/mol. The van der Waals surface area contributed by atoms with Crippen molar-refractivity contribution >= 4 is 33.9 Å². The summed E-state index contributed by atoms with van der Waals surface area (Å²) in [7, 11) is 0. The summed E-state index contributed by atoms with van der Waals surface area (Å²) in [5.41, 5.74) is 4.76. The fraction of sp³-hybridized carbons (Fsp3) is 0.143. The molecule has 0 radical (unpaired) electrons. The van der Waals surface area contributed by atoms with Crippen LogP contribution in [0.15, 0.2) is 77.4 Å². The zero-order valence-electron chi connectivity index (χ0n) is 19.1. The van der Waals surface area contributed by atoms with Crippen LogP contribution in [0.1, 0.15) is 36.7 Å². The molecule has 5 nitrogen and oxygen atoms in total. The molecule has 0 spiro atoms. The van der Waals surface area contributed by atoms with Crippen LogP contribution in [0.3, 0.4) is 0 Å². The number of nitrogens with one attached hydrogen (secondary N) is 1. The Morgan fingerprint density at radius 3 is 2.53 bits per heavy atom. The number of allylic oxidation sites excluding steroid dienone is 1. The van der Waals surface area contributed by atoms with Gasteiger partial charge >= 0.3 is 0 Å². The van der Waals surface area contributed by atoms with E-state index in [0.29, 0.717) is 34.8 Å². The van der Waals surface area contributed by atoms with Gasteiger partial charge in [-0.2, -0.15) is 0 Å². The number of Topliss-reactive ketones (excluding diaryl/α,β-unsaturated/α-hetero) is 1. The smallest absolute Gasteiger partial charge is 0.248 e. The zero-order chi connectivity index (χ0) is 24.2. The summed E-state index contributed by atoms with van der Waals surface area (Å²) in [5, 5.41) is 3.63. The number of hydrogen-bond acceptors (Lipinski definition) is 4. The first-order valence-corrected chi connectivity index (χ1v) is 10.9. The van der Waals surface area contributed by atoms with Gasteiger partial charge in [0, 0.05) is 39.9 Å². The van der Waals surface area contributed by atoms with Crippen molar-refractivity contribution in [1.29, 1.82) is 0 Å². The standard InChI is InChI=1S/C28H24FNO4/c1-4-33-26-15-27-24(25(16-34-27)19-8-10-21(29)11-9-19)14-23(26)17(2)12-28(32)30-22-7-5-6-20(13-22)18(3)31/h5-16H,4H2,1-3H3,(H,30,32)/b17-12+. The lowest BCUT2D eigenvalue weighted by Gasteiger charge is -2.12. The molecule has 0 saturated carbocycles. The normalized spacial score (nSPS) is 11.5. The van der Waals surface area contributed by atoms with Crippen LogP contribution in [0.25, 0.3) is 27.7 Å². The minimum absolute atomic E-state index is 0.0745. The third-order valence-electron chi connectivity index (χ3n) is 5.44. The Bertz CT molecular complexity index is 1400. The Morgan fingerprint density at radius 1 is 1.06 bits per heavy atom. The van der Waals surface area contributed by atoms with Crippen LogP contribution in [0.4, 0.5) is 10.1 Å². The minimum Gasteiger partial charge on any atom is -0.493 e. The molecular formula is C28H24FNO4. The molecule has 172 valence electrons. The van der Waals surface area contributed by atoms with Gasteiger partial charge in [-0.05, 0) is 62.2 Å². The topological polar surface area (TPSA) is 68.5 Å². The van der Waals surface area contributed by atoms with Gasteiger partial charge in [0.2, 0.25) is 5.91 Å². The van der Waals surface area contributed by atoms with Crippen molar-refractivity contribution in [2.45, 2.75) is 20.8 Å². The predicted molar refractivity (Wildman–Crippen MR) is 132 cm³/mol. The monoisotopic (exact) mass is 457 g/mol. The first-order chi connectivity index (χ1) is 16.4. The van der Waals surface area contributed by atoms with E-state index < -0.39 is 0 Å². The molecule has 1 aromatic heterocycles. The summed E-state index contributed by atoms with van der Waals surface area (Å²) in [4.78, 5) is 24.3. The van der Waals surface area contributed by atoms with Crippen LogP contribution in [-0.4, -0.2) is 18.3 Å². The Labute approximate surface area is 196 Å². The SMILES string of the molecule is CCOc1cc2occ(-c3ccc(F)cc3)c2cc1/C(C)=C/C(=O)Nc1cccc(C(C)=O)c1. The number of fused-ring (bicyclic) bond motifs is 1. The van der Waals surface area contributed by atoms with Crippen LogP contribution in [0.2, 0.25) is 0 Å². The van der Waals surface area contributed by atoms with Gasteiger partial charge in [0.05, 0.1) is 12.9 Å². The average molecular weight is 458 g/mol. The fourth-order valence-corrected chi connectivity index (χ4v) is 3.76. The molecule has 6 heteroatoms. The summed E-state index contributed by atoms with van der Waals surface area (Å²) in [6, 6.07) is 16.7. The van der Waals surface area contributed by atoms with Crippen molar-refractivity contribution in [3.05, 3.63) is 89.9 Å². The van der Waals surface area contributed by atoms with Crippen LogP contribution in [0, 0.1) is 5.82 Å². The van der Waals surface area contributed by atoms with E-state index in [9.17, 15) is 14.0 Å². The highest BCUT2D eigenvalue weighted by Crippen LogP contribution is 2.37. The fourth-order valence-electron chi connectivity index (χ4n) is 3.76. The summed E-state index contributed by atoms with van der Waals surface area (Å²) in [5.74, 6) is -0.120. The second-order valence-electron chi connectivity index (χ2n) is 7.89. The third kappa shape index (κ3) is 4.91. The van der Waals surface area contributed by atoms with E-state index in [4.69, 9.17) is 9.15 Å². The maximum Gasteiger partial charge on any atom is 0.248 e. The van der Waals surface area contributed by atoms with E-state index in [2.05, 4.69) is 5.32 Å². The lowest BCUT2D eigenvalue weighted by molar-refractivity contribution is -0.111. The van der Waals surface area contributed by atoms with Gasteiger partial charge in [-0.1, -0.05) is 24.3 Å². The Hall–Kier alpha value is -4.19. The van der Waals surface area contributed by atoms with Gasteiger partial charge in [0.15, 0.2) is 5.78 Å². The molecule has 4 aromatic rings. The van der Waals surface area contributed by atoms with Crippen LogP contribution >= 0.6 is 0 Å². The van der Waals surface area contributed by atoms with E-state index in [1.165, 1.54) is 25.1 Å². The molecule has 0 aliphatic carbocycles. The number of carbonyl (C=O) groups is 2. The van der Waals surface area contributed by atoms with E-state index in [1.807, 2.05) is 19.9 Å². The number of ketones is 1. The molecule has 0 bridgehead atoms. The van der Waals surface area contributed by atoms with Crippen molar-refractivity contribution in [1.82, 2.24) is 0 Å². The quantitative estimate of drug-likeness (QED) is 0.243. The molecule has 0 atom stereocenters. The largest absolute Gasteiger partial charge is 0.493 e. The summed E-state index contributed by atoms with van der Waals surface area (Å²) in [6.45, 7) is 5.63. The molecule has 3 aromatic carbocycles. The Balaban J connectivity index is 1.70.